The highest BCUT2D eigenvalue weighted by Gasteiger charge is 2.05. The molecule has 1 aromatic carbocycles. The Morgan fingerprint density at radius 3 is 2.44 bits per heavy atom. The molecule has 1 rings (SSSR count). The van der Waals surface area contributed by atoms with E-state index in [-0.39, 0.29) is 12.0 Å². The van der Waals surface area contributed by atoms with E-state index in [0.717, 1.165) is 12.2 Å². The van der Waals surface area contributed by atoms with Crippen molar-refractivity contribution >= 4 is 11.6 Å². The van der Waals surface area contributed by atoms with Crippen LogP contribution in [-0.2, 0) is 0 Å². The van der Waals surface area contributed by atoms with E-state index in [1.54, 1.807) is 0 Å². The first-order valence-corrected chi connectivity index (χ1v) is 6.08. The van der Waals surface area contributed by atoms with E-state index >= 15 is 0 Å². The molecule has 0 saturated heterocycles. The lowest BCUT2D eigenvalue weighted by Crippen LogP contribution is -2.15. The second-order valence-corrected chi connectivity index (χ2v) is 4.59. The van der Waals surface area contributed by atoms with Gasteiger partial charge in [0.2, 0.25) is 0 Å². The molecule has 1 N–H and O–H groups in total. The molecule has 0 heterocycles. The van der Waals surface area contributed by atoms with Gasteiger partial charge in [-0.05, 0) is 30.0 Å². The molecule has 2 atom stereocenters. The quantitative estimate of drug-likeness (QED) is 0.777. The molecule has 0 fully saturated rings. The summed E-state index contributed by atoms with van der Waals surface area (Å²) in [7, 11) is 0. The Balaban J connectivity index is 2.51. The summed E-state index contributed by atoms with van der Waals surface area (Å²) in [5, 5.41) is 8.41. The molecule has 0 aliphatic carbocycles. The summed E-state index contributed by atoms with van der Waals surface area (Å²) in [4.78, 5) is 0. The fourth-order valence-corrected chi connectivity index (χ4v) is 1.43. The van der Waals surface area contributed by atoms with Crippen LogP contribution in [0.5, 0.6) is 5.75 Å². The summed E-state index contributed by atoms with van der Waals surface area (Å²) < 4.78 is 5.44. The van der Waals surface area contributed by atoms with Crippen LogP contribution in [-0.4, -0.2) is 23.7 Å². The van der Waals surface area contributed by atoms with Crippen LogP contribution in [0.2, 0.25) is 0 Å². The molecule has 1 aromatic rings. The number of hydrogen-bond donors (Lipinski definition) is 1. The molecule has 2 unspecified atom stereocenters. The Kier molecular flexibility index (Phi) is 5.64. The third kappa shape index (κ3) is 4.03. The van der Waals surface area contributed by atoms with Crippen LogP contribution in [0.25, 0.3) is 0 Å². The molecule has 0 radical (unpaired) electrons. The first-order chi connectivity index (χ1) is 7.67. The van der Waals surface area contributed by atoms with E-state index in [1.807, 2.05) is 12.1 Å². The molecule has 0 bridgehead atoms. The summed E-state index contributed by atoms with van der Waals surface area (Å²) >= 11 is 5.74. The van der Waals surface area contributed by atoms with E-state index in [4.69, 9.17) is 21.4 Å². The third-order valence-corrected chi connectivity index (χ3v) is 2.95. The van der Waals surface area contributed by atoms with Gasteiger partial charge in [-0.15, -0.1) is 11.6 Å². The van der Waals surface area contributed by atoms with Gasteiger partial charge in [0.25, 0.3) is 0 Å². The van der Waals surface area contributed by atoms with Crippen LogP contribution < -0.4 is 4.74 Å². The molecule has 90 valence electrons. The number of hydrogen-bond acceptors (Lipinski definition) is 2. The Morgan fingerprint density at radius 2 is 1.94 bits per heavy atom. The molecule has 0 saturated carbocycles. The molecule has 0 aromatic heterocycles. The Bertz CT molecular complexity index is 297. The highest BCUT2D eigenvalue weighted by Crippen LogP contribution is 2.21. The maximum Gasteiger partial charge on any atom is 0.119 e. The van der Waals surface area contributed by atoms with Crippen molar-refractivity contribution in [1.82, 2.24) is 0 Å². The second-order valence-electron chi connectivity index (χ2n) is 3.97. The van der Waals surface area contributed by atoms with Gasteiger partial charge in [0.15, 0.2) is 0 Å². The van der Waals surface area contributed by atoms with Crippen molar-refractivity contribution in [3.05, 3.63) is 29.8 Å². The van der Waals surface area contributed by atoms with E-state index < -0.39 is 0 Å². The molecule has 0 spiro atoms. The van der Waals surface area contributed by atoms with Crippen molar-refractivity contribution in [3.63, 3.8) is 0 Å². The Hall–Kier alpha value is -0.730. The number of alkyl halides is 1. The lowest BCUT2D eigenvalue weighted by Gasteiger charge is -2.12. The SMILES string of the molecule is CCC(C)c1ccc(OCC(Cl)CO)cc1. The average Bonchev–Trinajstić information content (AvgIpc) is 2.35. The highest BCUT2D eigenvalue weighted by atomic mass is 35.5. The zero-order chi connectivity index (χ0) is 12.0. The second kappa shape index (κ2) is 6.77. The van der Waals surface area contributed by atoms with Crippen molar-refractivity contribution in [1.29, 1.82) is 0 Å². The van der Waals surface area contributed by atoms with E-state index in [1.165, 1.54) is 5.56 Å². The van der Waals surface area contributed by atoms with Gasteiger partial charge in [0.1, 0.15) is 12.4 Å². The van der Waals surface area contributed by atoms with Crippen LogP contribution in [0.4, 0.5) is 0 Å². The minimum absolute atomic E-state index is 0.0630. The Morgan fingerprint density at radius 1 is 1.31 bits per heavy atom. The standard InChI is InChI=1S/C13H19ClO2/c1-3-10(2)11-4-6-13(7-5-11)16-9-12(14)8-15/h4-7,10,12,15H,3,8-9H2,1-2H3. The zero-order valence-corrected chi connectivity index (χ0v) is 10.6. The fraction of sp³-hybridized carbons (Fsp3) is 0.538. The number of halogens is 1. The van der Waals surface area contributed by atoms with E-state index in [9.17, 15) is 0 Å². The van der Waals surface area contributed by atoms with Crippen LogP contribution in [0, 0.1) is 0 Å². The molecule has 0 aliphatic rings. The smallest absolute Gasteiger partial charge is 0.119 e. The van der Waals surface area contributed by atoms with Crippen molar-refractivity contribution in [2.45, 2.75) is 31.6 Å². The normalized spacial score (nSPS) is 14.5. The van der Waals surface area contributed by atoms with Crippen molar-refractivity contribution in [2.75, 3.05) is 13.2 Å². The van der Waals surface area contributed by atoms with Crippen molar-refractivity contribution in [2.24, 2.45) is 0 Å². The summed E-state index contributed by atoms with van der Waals surface area (Å²) in [6.45, 7) is 4.65. The van der Waals surface area contributed by atoms with Crippen LogP contribution in [0.3, 0.4) is 0 Å². The predicted octanol–water partition coefficient (Wildman–Crippen LogP) is 3.18. The fourth-order valence-electron chi connectivity index (χ4n) is 1.37. The van der Waals surface area contributed by atoms with Gasteiger partial charge in [-0.25, -0.2) is 0 Å². The van der Waals surface area contributed by atoms with Gasteiger partial charge in [-0.3, -0.25) is 0 Å². The molecular weight excluding hydrogens is 224 g/mol. The maximum atomic E-state index is 8.75. The van der Waals surface area contributed by atoms with Gasteiger partial charge in [0.05, 0.1) is 12.0 Å². The monoisotopic (exact) mass is 242 g/mol. The first kappa shape index (κ1) is 13.3. The number of benzene rings is 1. The van der Waals surface area contributed by atoms with Gasteiger partial charge < -0.3 is 9.84 Å². The minimum atomic E-state index is -0.339. The summed E-state index contributed by atoms with van der Waals surface area (Å²) in [5.74, 6) is 1.37. The van der Waals surface area contributed by atoms with Crippen molar-refractivity contribution < 1.29 is 9.84 Å². The van der Waals surface area contributed by atoms with Crippen molar-refractivity contribution in [3.8, 4) is 5.75 Å². The first-order valence-electron chi connectivity index (χ1n) is 5.65. The largest absolute Gasteiger partial charge is 0.492 e. The molecular formula is C13H19ClO2. The predicted molar refractivity (Wildman–Crippen MR) is 67.4 cm³/mol. The third-order valence-electron chi connectivity index (χ3n) is 2.69. The summed E-state index contributed by atoms with van der Waals surface area (Å²) in [6.07, 6.45) is 1.13. The van der Waals surface area contributed by atoms with Crippen LogP contribution in [0.15, 0.2) is 24.3 Å². The Labute approximate surface area is 102 Å². The van der Waals surface area contributed by atoms with E-state index in [2.05, 4.69) is 26.0 Å². The van der Waals surface area contributed by atoms with Crippen LogP contribution in [0.1, 0.15) is 31.7 Å². The maximum absolute atomic E-state index is 8.75. The number of aliphatic hydroxyl groups is 1. The number of ether oxygens (including phenoxy) is 1. The minimum Gasteiger partial charge on any atom is -0.492 e. The van der Waals surface area contributed by atoms with Gasteiger partial charge in [0, 0.05) is 0 Å². The molecule has 0 amide bonds. The lowest BCUT2D eigenvalue weighted by atomic mass is 9.99. The molecule has 16 heavy (non-hydrogen) atoms. The zero-order valence-electron chi connectivity index (χ0n) is 9.82. The number of aliphatic hydroxyl groups excluding tert-OH is 1. The summed E-state index contributed by atoms with van der Waals surface area (Å²) in [5.41, 5.74) is 1.32. The summed E-state index contributed by atoms with van der Waals surface area (Å²) in [6, 6.07) is 8.04. The topological polar surface area (TPSA) is 29.5 Å². The van der Waals surface area contributed by atoms with Gasteiger partial charge in [-0.2, -0.15) is 0 Å². The van der Waals surface area contributed by atoms with E-state index in [0.29, 0.717) is 12.5 Å². The number of rotatable bonds is 6. The molecule has 0 aliphatic heterocycles. The lowest BCUT2D eigenvalue weighted by molar-refractivity contribution is 0.238. The molecule has 3 heteroatoms. The van der Waals surface area contributed by atoms with Crippen LogP contribution >= 0.6 is 11.6 Å². The highest BCUT2D eigenvalue weighted by molar-refractivity contribution is 6.20. The molecule has 2 nitrogen and oxygen atoms in total. The van der Waals surface area contributed by atoms with Gasteiger partial charge in [-0.1, -0.05) is 26.0 Å². The van der Waals surface area contributed by atoms with Gasteiger partial charge >= 0.3 is 0 Å². The average molecular weight is 243 g/mol.